The topological polar surface area (TPSA) is 116 Å². The zero-order valence-corrected chi connectivity index (χ0v) is 11.1. The van der Waals surface area contributed by atoms with E-state index in [0.29, 0.717) is 19.3 Å². The van der Waals surface area contributed by atoms with Gasteiger partial charge < -0.3 is 15.7 Å². The van der Waals surface area contributed by atoms with E-state index in [1.807, 2.05) is 0 Å². The smallest absolute Gasteiger partial charge is 0.315 e. The van der Waals surface area contributed by atoms with E-state index in [4.69, 9.17) is 5.11 Å². The number of likely N-dealkylation sites (tertiary alicyclic amines) is 1. The maximum absolute atomic E-state index is 11.7. The van der Waals surface area contributed by atoms with Crippen LogP contribution in [0.5, 0.6) is 0 Å². The quantitative estimate of drug-likeness (QED) is 0.592. The van der Waals surface area contributed by atoms with Gasteiger partial charge in [0.05, 0.1) is 12.3 Å². The van der Waals surface area contributed by atoms with E-state index in [2.05, 4.69) is 10.6 Å². The number of carboxylic acids is 1. The highest BCUT2D eigenvalue weighted by Gasteiger charge is 2.37. The van der Waals surface area contributed by atoms with E-state index in [-0.39, 0.29) is 18.4 Å². The lowest BCUT2D eigenvalue weighted by Gasteiger charge is -2.16. The Balaban J connectivity index is 1.81. The molecule has 0 aromatic heterocycles. The summed E-state index contributed by atoms with van der Waals surface area (Å²) in [5.74, 6) is -2.04. The fourth-order valence-electron chi connectivity index (χ4n) is 2.59. The number of rotatable bonds is 3. The molecular formula is C12H17N3O5. The SMILES string of the molecule is CN1C(=O)CC(NC(=O)NC2CCC(C(=O)O)C2)C1=O. The third kappa shape index (κ3) is 2.89. The lowest BCUT2D eigenvalue weighted by Crippen LogP contribution is -2.48. The molecule has 2 rings (SSSR count). The zero-order chi connectivity index (χ0) is 14.9. The lowest BCUT2D eigenvalue weighted by atomic mass is 10.1. The molecule has 8 heteroatoms. The van der Waals surface area contributed by atoms with Crippen LogP contribution in [0.25, 0.3) is 0 Å². The van der Waals surface area contributed by atoms with E-state index in [1.54, 1.807) is 0 Å². The minimum atomic E-state index is -0.854. The van der Waals surface area contributed by atoms with Crippen LogP contribution >= 0.6 is 0 Å². The van der Waals surface area contributed by atoms with Gasteiger partial charge in [-0.3, -0.25) is 19.3 Å². The standard InChI is InChI=1S/C12H17N3O5/c1-15-9(16)5-8(10(15)17)14-12(20)13-7-3-2-6(4-7)11(18)19/h6-8H,2-5H2,1H3,(H,18,19)(H2,13,14,20). The number of nitrogens with zero attached hydrogens (tertiary/aromatic N) is 1. The Bertz CT molecular complexity index is 464. The van der Waals surface area contributed by atoms with Gasteiger partial charge in [0.25, 0.3) is 5.91 Å². The Labute approximate surface area is 115 Å². The van der Waals surface area contributed by atoms with Gasteiger partial charge in [0.2, 0.25) is 5.91 Å². The van der Waals surface area contributed by atoms with Crippen molar-refractivity contribution in [2.45, 2.75) is 37.8 Å². The predicted octanol–water partition coefficient (Wildman–Crippen LogP) is -0.704. The minimum Gasteiger partial charge on any atom is -0.481 e. The van der Waals surface area contributed by atoms with Gasteiger partial charge in [-0.15, -0.1) is 0 Å². The molecule has 0 bridgehead atoms. The maximum atomic E-state index is 11.7. The number of hydrogen-bond acceptors (Lipinski definition) is 4. The van der Waals surface area contributed by atoms with E-state index in [9.17, 15) is 19.2 Å². The van der Waals surface area contributed by atoms with Crippen LogP contribution < -0.4 is 10.6 Å². The average molecular weight is 283 g/mol. The van der Waals surface area contributed by atoms with Crippen molar-refractivity contribution in [2.75, 3.05) is 7.05 Å². The van der Waals surface area contributed by atoms with Crippen LogP contribution in [0.2, 0.25) is 0 Å². The molecule has 2 aliphatic rings. The first-order chi connectivity index (χ1) is 9.38. The summed E-state index contributed by atoms with van der Waals surface area (Å²) in [7, 11) is 1.37. The average Bonchev–Trinajstić information content (AvgIpc) is 2.92. The summed E-state index contributed by atoms with van der Waals surface area (Å²) in [6.45, 7) is 0. The Morgan fingerprint density at radius 1 is 1.25 bits per heavy atom. The summed E-state index contributed by atoms with van der Waals surface area (Å²) in [6.07, 6.45) is 1.48. The van der Waals surface area contributed by atoms with Crippen molar-refractivity contribution in [3.63, 3.8) is 0 Å². The van der Waals surface area contributed by atoms with Crippen LogP contribution in [0.1, 0.15) is 25.7 Å². The Hall–Kier alpha value is -2.12. The Morgan fingerprint density at radius 2 is 1.95 bits per heavy atom. The third-order valence-corrected chi connectivity index (χ3v) is 3.80. The summed E-state index contributed by atoms with van der Waals surface area (Å²) < 4.78 is 0. The van der Waals surface area contributed by atoms with E-state index < -0.39 is 29.9 Å². The maximum Gasteiger partial charge on any atom is 0.315 e. The first-order valence-corrected chi connectivity index (χ1v) is 6.48. The van der Waals surface area contributed by atoms with Crippen molar-refractivity contribution in [3.05, 3.63) is 0 Å². The molecule has 0 radical (unpaired) electrons. The van der Waals surface area contributed by atoms with Crippen LogP contribution in [-0.2, 0) is 14.4 Å². The molecule has 1 saturated heterocycles. The molecule has 1 aliphatic carbocycles. The van der Waals surface area contributed by atoms with E-state index in [0.717, 1.165) is 4.90 Å². The summed E-state index contributed by atoms with van der Waals surface area (Å²) in [6, 6.07) is -1.58. The number of hydrogen-bond donors (Lipinski definition) is 3. The number of nitrogens with one attached hydrogen (secondary N) is 2. The predicted molar refractivity (Wildman–Crippen MR) is 66.6 cm³/mol. The summed E-state index contributed by atoms with van der Waals surface area (Å²) in [4.78, 5) is 46.5. The van der Waals surface area contributed by atoms with Gasteiger partial charge in [0.15, 0.2) is 0 Å². The highest BCUT2D eigenvalue weighted by molar-refractivity contribution is 6.06. The second-order valence-electron chi connectivity index (χ2n) is 5.21. The second kappa shape index (κ2) is 5.48. The number of amides is 4. The van der Waals surface area contributed by atoms with Crippen LogP contribution in [-0.4, -0.2) is 53.0 Å². The highest BCUT2D eigenvalue weighted by Crippen LogP contribution is 2.25. The number of likely N-dealkylation sites (N-methyl/N-ethyl adjacent to an activating group) is 1. The molecule has 110 valence electrons. The zero-order valence-electron chi connectivity index (χ0n) is 11.1. The molecule has 1 heterocycles. The van der Waals surface area contributed by atoms with Crippen molar-refractivity contribution in [3.8, 4) is 0 Å². The number of carbonyl (C=O) groups excluding carboxylic acids is 3. The molecule has 1 saturated carbocycles. The van der Waals surface area contributed by atoms with Gasteiger partial charge in [-0.25, -0.2) is 4.79 Å². The molecule has 3 N–H and O–H groups in total. The Kier molecular flexibility index (Phi) is 3.91. The second-order valence-corrected chi connectivity index (χ2v) is 5.21. The van der Waals surface area contributed by atoms with Crippen LogP contribution in [0.3, 0.4) is 0 Å². The largest absolute Gasteiger partial charge is 0.481 e. The van der Waals surface area contributed by atoms with Crippen molar-refractivity contribution in [1.29, 1.82) is 0 Å². The van der Waals surface area contributed by atoms with Crippen LogP contribution in [0.15, 0.2) is 0 Å². The fourth-order valence-corrected chi connectivity index (χ4v) is 2.59. The van der Waals surface area contributed by atoms with Gasteiger partial charge in [0.1, 0.15) is 6.04 Å². The van der Waals surface area contributed by atoms with Crippen LogP contribution in [0.4, 0.5) is 4.79 Å². The molecule has 0 spiro atoms. The number of aliphatic carboxylic acids is 1. The van der Waals surface area contributed by atoms with E-state index in [1.165, 1.54) is 7.05 Å². The molecule has 4 amide bonds. The molecule has 1 aliphatic heterocycles. The molecule has 20 heavy (non-hydrogen) atoms. The molecule has 2 fully saturated rings. The van der Waals surface area contributed by atoms with Gasteiger partial charge >= 0.3 is 12.0 Å². The first-order valence-electron chi connectivity index (χ1n) is 6.48. The molecule has 3 unspecified atom stereocenters. The molecule has 0 aromatic rings. The monoisotopic (exact) mass is 283 g/mol. The normalized spacial score (nSPS) is 29.6. The molecule has 0 aromatic carbocycles. The van der Waals surface area contributed by atoms with Gasteiger partial charge in [0, 0.05) is 13.1 Å². The fraction of sp³-hybridized carbons (Fsp3) is 0.667. The molecule has 8 nitrogen and oxygen atoms in total. The summed E-state index contributed by atoms with van der Waals surface area (Å²) in [5.41, 5.74) is 0. The van der Waals surface area contributed by atoms with E-state index >= 15 is 0 Å². The molecular weight excluding hydrogens is 266 g/mol. The minimum absolute atomic E-state index is 0.0365. The van der Waals surface area contributed by atoms with Crippen LogP contribution in [0, 0.1) is 5.92 Å². The third-order valence-electron chi connectivity index (χ3n) is 3.80. The first kappa shape index (κ1) is 14.3. The van der Waals surface area contributed by atoms with Crippen molar-refractivity contribution >= 4 is 23.8 Å². The van der Waals surface area contributed by atoms with Crippen molar-refractivity contribution < 1.29 is 24.3 Å². The van der Waals surface area contributed by atoms with Crippen molar-refractivity contribution in [2.24, 2.45) is 5.92 Å². The van der Waals surface area contributed by atoms with Crippen molar-refractivity contribution in [1.82, 2.24) is 15.5 Å². The summed E-state index contributed by atoms with van der Waals surface area (Å²) in [5, 5.41) is 14.0. The number of carboxylic acid groups (broad SMARTS) is 1. The summed E-state index contributed by atoms with van der Waals surface area (Å²) >= 11 is 0. The number of carbonyl (C=O) groups is 4. The lowest BCUT2D eigenvalue weighted by molar-refractivity contribution is -0.141. The van der Waals surface area contributed by atoms with Gasteiger partial charge in [-0.1, -0.05) is 0 Å². The number of imide groups is 1. The van der Waals surface area contributed by atoms with Gasteiger partial charge in [-0.2, -0.15) is 0 Å². The molecule has 3 atom stereocenters. The Morgan fingerprint density at radius 3 is 2.45 bits per heavy atom. The highest BCUT2D eigenvalue weighted by atomic mass is 16.4. The number of urea groups is 1. The van der Waals surface area contributed by atoms with Gasteiger partial charge in [-0.05, 0) is 19.3 Å².